The summed E-state index contributed by atoms with van der Waals surface area (Å²) in [7, 11) is 0. The van der Waals surface area contributed by atoms with Crippen molar-refractivity contribution in [1.29, 1.82) is 0 Å². The van der Waals surface area contributed by atoms with E-state index in [1.165, 1.54) is 18.5 Å². The fourth-order valence-corrected chi connectivity index (χ4v) is 2.35. The molecule has 25 heavy (non-hydrogen) atoms. The molecule has 2 aromatic rings. The quantitative estimate of drug-likeness (QED) is 0.753. The first-order valence-electron chi connectivity index (χ1n) is 7.74. The van der Waals surface area contributed by atoms with Crippen molar-refractivity contribution >= 4 is 28.9 Å². The summed E-state index contributed by atoms with van der Waals surface area (Å²) in [5.41, 5.74) is 2.82. The minimum absolute atomic E-state index is 0.0888. The van der Waals surface area contributed by atoms with Crippen molar-refractivity contribution in [3.8, 4) is 0 Å². The van der Waals surface area contributed by atoms with E-state index in [9.17, 15) is 13.6 Å². The maximum Gasteiger partial charge on any atom is 0.277 e. The van der Waals surface area contributed by atoms with E-state index in [1.807, 2.05) is 0 Å². The van der Waals surface area contributed by atoms with Gasteiger partial charge < -0.3 is 5.32 Å². The molecule has 2 N–H and O–H groups in total. The zero-order valence-electron chi connectivity index (χ0n) is 13.4. The lowest BCUT2D eigenvalue weighted by Gasteiger charge is -2.15. The smallest absolute Gasteiger partial charge is 0.277 e. The third kappa shape index (κ3) is 4.05. The van der Waals surface area contributed by atoms with Crippen LogP contribution in [0.2, 0.25) is 5.02 Å². The van der Waals surface area contributed by atoms with Crippen LogP contribution < -0.4 is 10.8 Å². The molecule has 0 saturated heterocycles. The third-order valence-corrected chi connectivity index (χ3v) is 4.31. The van der Waals surface area contributed by atoms with Crippen LogP contribution >= 0.6 is 11.6 Å². The highest BCUT2D eigenvalue weighted by molar-refractivity contribution is 6.31. The Bertz CT molecular complexity index is 813. The summed E-state index contributed by atoms with van der Waals surface area (Å²) in [6.45, 7) is 2.09. The van der Waals surface area contributed by atoms with Gasteiger partial charge in [-0.2, -0.15) is 0 Å². The van der Waals surface area contributed by atoms with Crippen molar-refractivity contribution in [2.24, 2.45) is 5.92 Å². The van der Waals surface area contributed by atoms with Gasteiger partial charge in [-0.25, -0.2) is 14.3 Å². The number of carbonyl (C=O) groups excluding carboxylic acids is 1. The van der Waals surface area contributed by atoms with Crippen molar-refractivity contribution in [2.45, 2.75) is 19.8 Å². The molecule has 0 spiro atoms. The lowest BCUT2D eigenvalue weighted by molar-refractivity contribution is 0.0270. The van der Waals surface area contributed by atoms with Crippen molar-refractivity contribution < 1.29 is 18.4 Å². The molecule has 0 atom stereocenters. The van der Waals surface area contributed by atoms with Crippen LogP contribution in [-0.2, 0) is 4.84 Å². The van der Waals surface area contributed by atoms with Crippen molar-refractivity contribution in [1.82, 2.24) is 10.5 Å². The zero-order valence-corrected chi connectivity index (χ0v) is 14.2. The Morgan fingerprint density at radius 1 is 1.36 bits per heavy atom. The van der Waals surface area contributed by atoms with Crippen molar-refractivity contribution in [2.75, 3.05) is 11.9 Å². The highest BCUT2D eigenvalue weighted by Gasteiger charge is 2.23. The van der Waals surface area contributed by atoms with Crippen LogP contribution in [0.3, 0.4) is 0 Å². The first-order chi connectivity index (χ1) is 12.0. The molecule has 1 saturated carbocycles. The SMILES string of the molecule is Cc1c(Cl)cncc1Nc1c(C(=O)NOCC2CC2)ccc(F)c1F. The number of nitrogens with zero attached hydrogens (tertiary/aromatic N) is 1. The van der Waals surface area contributed by atoms with Crippen molar-refractivity contribution in [3.05, 3.63) is 52.3 Å². The van der Waals surface area contributed by atoms with Gasteiger partial charge in [-0.3, -0.25) is 14.6 Å². The Hall–Kier alpha value is -2.25. The molecule has 0 bridgehead atoms. The van der Waals surface area contributed by atoms with Crippen LogP contribution in [-0.4, -0.2) is 17.5 Å². The minimum Gasteiger partial charge on any atom is -0.351 e. The second kappa shape index (κ2) is 7.33. The third-order valence-electron chi connectivity index (χ3n) is 3.93. The topological polar surface area (TPSA) is 63.2 Å². The summed E-state index contributed by atoms with van der Waals surface area (Å²) in [6.07, 6.45) is 4.98. The standard InChI is InChI=1S/C17H16ClF2N3O2/c1-9-12(18)6-21-7-14(9)22-16-11(4-5-13(19)15(16)20)17(24)23-25-8-10-2-3-10/h4-7,10,22H,2-3,8H2,1H3,(H,23,24). The molecule has 3 rings (SSSR count). The number of rotatable bonds is 6. The molecule has 1 aliphatic rings. The fourth-order valence-electron chi connectivity index (χ4n) is 2.19. The van der Waals surface area contributed by atoms with Gasteiger partial charge in [0.2, 0.25) is 0 Å². The van der Waals surface area contributed by atoms with E-state index in [4.69, 9.17) is 16.4 Å². The summed E-state index contributed by atoms with van der Waals surface area (Å²) >= 11 is 5.99. The molecule has 1 fully saturated rings. The normalized spacial score (nSPS) is 13.6. The van der Waals surface area contributed by atoms with Crippen LogP contribution in [0.5, 0.6) is 0 Å². The predicted octanol–water partition coefficient (Wildman–Crippen LogP) is 4.14. The van der Waals surface area contributed by atoms with E-state index in [0.717, 1.165) is 18.9 Å². The highest BCUT2D eigenvalue weighted by Crippen LogP contribution is 2.30. The predicted molar refractivity (Wildman–Crippen MR) is 89.8 cm³/mol. The number of amides is 1. The minimum atomic E-state index is -1.17. The number of hydroxylamine groups is 1. The lowest BCUT2D eigenvalue weighted by Crippen LogP contribution is -2.26. The Labute approximate surface area is 148 Å². The lowest BCUT2D eigenvalue weighted by atomic mass is 10.1. The van der Waals surface area contributed by atoms with Gasteiger partial charge in [0.1, 0.15) is 0 Å². The van der Waals surface area contributed by atoms with E-state index >= 15 is 0 Å². The average molecular weight is 368 g/mol. The van der Waals surface area contributed by atoms with Gasteiger partial charge in [-0.15, -0.1) is 0 Å². The van der Waals surface area contributed by atoms with E-state index < -0.39 is 17.5 Å². The van der Waals surface area contributed by atoms with Crippen LogP contribution in [0.1, 0.15) is 28.8 Å². The molecule has 0 radical (unpaired) electrons. The van der Waals surface area contributed by atoms with Gasteiger partial charge in [0, 0.05) is 6.20 Å². The largest absolute Gasteiger partial charge is 0.351 e. The number of hydrogen-bond acceptors (Lipinski definition) is 4. The molecule has 1 heterocycles. The molecule has 1 aromatic heterocycles. The van der Waals surface area contributed by atoms with Gasteiger partial charge in [0.25, 0.3) is 5.91 Å². The fraction of sp³-hybridized carbons (Fsp3) is 0.294. The van der Waals surface area contributed by atoms with E-state index in [1.54, 1.807) is 6.92 Å². The molecule has 1 aromatic carbocycles. The molecule has 5 nitrogen and oxygen atoms in total. The first kappa shape index (κ1) is 17.6. The van der Waals surface area contributed by atoms with Crippen molar-refractivity contribution in [3.63, 3.8) is 0 Å². The monoisotopic (exact) mass is 367 g/mol. The number of aromatic nitrogens is 1. The maximum atomic E-state index is 14.3. The Morgan fingerprint density at radius 2 is 2.12 bits per heavy atom. The number of hydrogen-bond donors (Lipinski definition) is 2. The van der Waals surface area contributed by atoms with Gasteiger partial charge in [-0.05, 0) is 43.4 Å². The van der Waals surface area contributed by atoms with Gasteiger partial charge in [0.05, 0.1) is 34.8 Å². The van der Waals surface area contributed by atoms with Gasteiger partial charge in [-0.1, -0.05) is 11.6 Å². The number of nitrogens with one attached hydrogen (secondary N) is 2. The number of halogens is 3. The summed E-state index contributed by atoms with van der Waals surface area (Å²) in [6, 6.07) is 2.07. The summed E-state index contributed by atoms with van der Waals surface area (Å²) in [5, 5.41) is 3.07. The van der Waals surface area contributed by atoms with Crippen LogP contribution in [0.25, 0.3) is 0 Å². The van der Waals surface area contributed by atoms with E-state index in [-0.39, 0.29) is 11.3 Å². The van der Waals surface area contributed by atoms with Gasteiger partial charge >= 0.3 is 0 Å². The molecule has 132 valence electrons. The molecule has 1 aliphatic carbocycles. The number of benzene rings is 1. The molecule has 1 amide bonds. The first-order valence-corrected chi connectivity index (χ1v) is 8.12. The number of anilines is 2. The van der Waals surface area contributed by atoms with E-state index in [0.29, 0.717) is 28.8 Å². The van der Waals surface area contributed by atoms with Crippen LogP contribution in [0.4, 0.5) is 20.2 Å². The molecular weight excluding hydrogens is 352 g/mol. The second-order valence-corrected chi connectivity index (χ2v) is 6.30. The summed E-state index contributed by atoms with van der Waals surface area (Å²) in [4.78, 5) is 21.3. The maximum absolute atomic E-state index is 14.3. The summed E-state index contributed by atoms with van der Waals surface area (Å²) < 4.78 is 27.9. The van der Waals surface area contributed by atoms with Crippen LogP contribution in [0.15, 0.2) is 24.5 Å². The van der Waals surface area contributed by atoms with Gasteiger partial charge in [0.15, 0.2) is 11.6 Å². The Balaban J connectivity index is 1.86. The second-order valence-electron chi connectivity index (χ2n) is 5.89. The molecule has 0 unspecified atom stereocenters. The van der Waals surface area contributed by atoms with Crippen LogP contribution in [0, 0.1) is 24.5 Å². The molecule has 8 heteroatoms. The average Bonchev–Trinajstić information content (AvgIpc) is 3.40. The Kier molecular flexibility index (Phi) is 5.15. The van der Waals surface area contributed by atoms with E-state index in [2.05, 4.69) is 15.8 Å². The molecular formula is C17H16ClF2N3O2. The zero-order chi connectivity index (χ0) is 18.0. The summed E-state index contributed by atoms with van der Waals surface area (Å²) in [5.74, 6) is -2.47. The number of pyridine rings is 1. The number of carbonyl (C=O) groups is 1. The Morgan fingerprint density at radius 3 is 2.84 bits per heavy atom. The molecule has 0 aliphatic heterocycles. The highest BCUT2D eigenvalue weighted by atomic mass is 35.5.